The smallest absolute Gasteiger partial charge is 0.223 e. The van der Waals surface area contributed by atoms with Crippen molar-refractivity contribution in [1.82, 2.24) is 5.32 Å². The highest BCUT2D eigenvalue weighted by atomic mass is 16.5. The van der Waals surface area contributed by atoms with Crippen LogP contribution < -0.4 is 15.8 Å². The molecule has 3 N–H and O–H groups in total. The number of benzene rings is 1. The van der Waals surface area contributed by atoms with Gasteiger partial charge in [0.15, 0.2) is 0 Å². The SMILES string of the molecule is COc1ccccc1[C@H](C)NC(=O)C(C)CCCC(C)N. The first-order valence-electron chi connectivity index (χ1n) is 7.64. The van der Waals surface area contributed by atoms with E-state index in [2.05, 4.69) is 5.32 Å². The highest BCUT2D eigenvalue weighted by Crippen LogP contribution is 2.24. The standard InChI is InChI=1S/C17H28N2O2/c1-12(8-7-9-13(2)18)17(20)19-14(3)15-10-5-6-11-16(15)21-4/h5-6,10-14H,7-9,18H2,1-4H3,(H,19,20)/t12?,13?,14-/m0/s1. The predicted molar refractivity (Wildman–Crippen MR) is 86.2 cm³/mol. The number of hydrogen-bond donors (Lipinski definition) is 2. The van der Waals surface area contributed by atoms with Crippen molar-refractivity contribution < 1.29 is 9.53 Å². The summed E-state index contributed by atoms with van der Waals surface area (Å²) in [7, 11) is 1.64. The number of carbonyl (C=O) groups is 1. The third-order valence-electron chi connectivity index (χ3n) is 3.71. The van der Waals surface area contributed by atoms with Gasteiger partial charge in [-0.3, -0.25) is 4.79 Å². The van der Waals surface area contributed by atoms with Crippen LogP contribution in [0.5, 0.6) is 5.75 Å². The van der Waals surface area contributed by atoms with Gasteiger partial charge in [-0.2, -0.15) is 0 Å². The number of amides is 1. The summed E-state index contributed by atoms with van der Waals surface area (Å²) >= 11 is 0. The highest BCUT2D eigenvalue weighted by Gasteiger charge is 2.18. The maximum Gasteiger partial charge on any atom is 0.223 e. The van der Waals surface area contributed by atoms with E-state index >= 15 is 0 Å². The molecule has 0 saturated heterocycles. The first-order valence-corrected chi connectivity index (χ1v) is 7.64. The predicted octanol–water partition coefficient (Wildman–Crippen LogP) is 3.03. The van der Waals surface area contributed by atoms with Crippen LogP contribution >= 0.6 is 0 Å². The van der Waals surface area contributed by atoms with E-state index in [1.807, 2.05) is 45.0 Å². The van der Waals surface area contributed by atoms with E-state index in [0.29, 0.717) is 0 Å². The Hall–Kier alpha value is -1.55. The molecule has 0 aliphatic heterocycles. The van der Waals surface area contributed by atoms with Crippen LogP contribution in [0.15, 0.2) is 24.3 Å². The number of rotatable bonds is 8. The molecule has 0 fully saturated rings. The van der Waals surface area contributed by atoms with Crippen LogP contribution in [-0.2, 0) is 4.79 Å². The Labute approximate surface area is 128 Å². The van der Waals surface area contributed by atoms with E-state index in [4.69, 9.17) is 10.5 Å². The zero-order valence-corrected chi connectivity index (χ0v) is 13.6. The van der Waals surface area contributed by atoms with Crippen molar-refractivity contribution in [3.63, 3.8) is 0 Å². The fourth-order valence-corrected chi connectivity index (χ4v) is 2.33. The summed E-state index contributed by atoms with van der Waals surface area (Å²) in [6, 6.07) is 7.89. The summed E-state index contributed by atoms with van der Waals surface area (Å²) < 4.78 is 5.33. The topological polar surface area (TPSA) is 64.3 Å². The van der Waals surface area contributed by atoms with E-state index in [1.54, 1.807) is 7.11 Å². The van der Waals surface area contributed by atoms with Crippen LogP contribution in [0.25, 0.3) is 0 Å². The van der Waals surface area contributed by atoms with Crippen molar-refractivity contribution in [2.75, 3.05) is 7.11 Å². The molecule has 0 aliphatic carbocycles. The summed E-state index contributed by atoms with van der Waals surface area (Å²) in [5.41, 5.74) is 6.73. The minimum absolute atomic E-state index is 0.000840. The molecule has 4 heteroatoms. The maximum atomic E-state index is 12.2. The van der Waals surface area contributed by atoms with Crippen molar-refractivity contribution in [3.8, 4) is 5.75 Å². The van der Waals surface area contributed by atoms with E-state index in [1.165, 1.54) is 0 Å². The number of nitrogens with two attached hydrogens (primary N) is 1. The van der Waals surface area contributed by atoms with Crippen LogP contribution in [0, 0.1) is 5.92 Å². The van der Waals surface area contributed by atoms with Crippen LogP contribution in [0.4, 0.5) is 0 Å². The first-order chi connectivity index (χ1) is 9.95. The van der Waals surface area contributed by atoms with Crippen molar-refractivity contribution in [1.29, 1.82) is 0 Å². The molecule has 1 aromatic rings. The van der Waals surface area contributed by atoms with E-state index in [9.17, 15) is 4.79 Å². The molecular formula is C17H28N2O2. The molecule has 0 aliphatic rings. The van der Waals surface area contributed by atoms with Gasteiger partial charge in [0.25, 0.3) is 0 Å². The van der Waals surface area contributed by atoms with Crippen LogP contribution in [0.3, 0.4) is 0 Å². The van der Waals surface area contributed by atoms with Gasteiger partial charge in [-0.05, 0) is 32.8 Å². The highest BCUT2D eigenvalue weighted by molar-refractivity contribution is 5.78. The zero-order valence-electron chi connectivity index (χ0n) is 13.6. The Morgan fingerprint density at radius 2 is 1.90 bits per heavy atom. The molecule has 4 nitrogen and oxygen atoms in total. The van der Waals surface area contributed by atoms with E-state index in [0.717, 1.165) is 30.6 Å². The molecule has 0 spiro atoms. The molecule has 0 bridgehead atoms. The van der Waals surface area contributed by atoms with Crippen molar-refractivity contribution in [3.05, 3.63) is 29.8 Å². The third kappa shape index (κ3) is 5.76. The molecule has 1 amide bonds. The molecule has 0 heterocycles. The van der Waals surface area contributed by atoms with Gasteiger partial charge in [0.1, 0.15) is 5.75 Å². The summed E-state index contributed by atoms with van der Waals surface area (Å²) in [5, 5.41) is 3.06. The summed E-state index contributed by atoms with van der Waals surface area (Å²) in [4.78, 5) is 12.2. The molecule has 21 heavy (non-hydrogen) atoms. The molecule has 2 unspecified atom stereocenters. The lowest BCUT2D eigenvalue weighted by Gasteiger charge is -2.20. The Balaban J connectivity index is 2.53. The molecule has 118 valence electrons. The van der Waals surface area contributed by atoms with Crippen molar-refractivity contribution in [2.24, 2.45) is 11.7 Å². The number of carbonyl (C=O) groups excluding carboxylic acids is 1. The number of nitrogens with one attached hydrogen (secondary N) is 1. The second kappa shape index (κ2) is 8.67. The Morgan fingerprint density at radius 3 is 2.52 bits per heavy atom. The Bertz CT molecular complexity index is 446. The van der Waals surface area contributed by atoms with E-state index < -0.39 is 0 Å². The number of hydrogen-bond acceptors (Lipinski definition) is 3. The number of para-hydroxylation sites is 1. The van der Waals surface area contributed by atoms with E-state index in [-0.39, 0.29) is 23.9 Å². The Kier molecular flexibility index (Phi) is 7.23. The minimum Gasteiger partial charge on any atom is -0.496 e. The van der Waals surface area contributed by atoms with Gasteiger partial charge in [0.05, 0.1) is 13.2 Å². The fraction of sp³-hybridized carbons (Fsp3) is 0.588. The molecule has 1 aromatic carbocycles. The van der Waals surface area contributed by atoms with Gasteiger partial charge in [0, 0.05) is 17.5 Å². The quantitative estimate of drug-likeness (QED) is 0.774. The first kappa shape index (κ1) is 17.5. The molecule has 1 rings (SSSR count). The average Bonchev–Trinajstić information content (AvgIpc) is 2.46. The van der Waals surface area contributed by atoms with Gasteiger partial charge >= 0.3 is 0 Å². The normalized spacial score (nSPS) is 15.1. The monoisotopic (exact) mass is 292 g/mol. The number of ether oxygens (including phenoxy) is 1. The van der Waals surface area contributed by atoms with Gasteiger partial charge < -0.3 is 15.8 Å². The van der Waals surface area contributed by atoms with Crippen LogP contribution in [0.2, 0.25) is 0 Å². The van der Waals surface area contributed by atoms with Gasteiger partial charge in [-0.1, -0.05) is 31.5 Å². The van der Waals surface area contributed by atoms with Crippen LogP contribution in [0.1, 0.15) is 51.6 Å². The number of methoxy groups -OCH3 is 1. The summed E-state index contributed by atoms with van der Waals surface area (Å²) in [6.45, 7) is 5.93. The lowest BCUT2D eigenvalue weighted by Crippen LogP contribution is -2.32. The van der Waals surface area contributed by atoms with Gasteiger partial charge in [-0.25, -0.2) is 0 Å². The minimum atomic E-state index is -0.0652. The molecular weight excluding hydrogens is 264 g/mol. The molecule has 0 aromatic heterocycles. The summed E-state index contributed by atoms with van der Waals surface area (Å²) in [6.07, 6.45) is 2.81. The second-order valence-corrected chi connectivity index (χ2v) is 5.78. The second-order valence-electron chi connectivity index (χ2n) is 5.78. The Morgan fingerprint density at radius 1 is 1.24 bits per heavy atom. The molecule has 3 atom stereocenters. The zero-order chi connectivity index (χ0) is 15.8. The fourth-order valence-electron chi connectivity index (χ4n) is 2.33. The third-order valence-corrected chi connectivity index (χ3v) is 3.71. The van der Waals surface area contributed by atoms with Gasteiger partial charge in [-0.15, -0.1) is 0 Å². The molecule has 0 radical (unpaired) electrons. The average molecular weight is 292 g/mol. The van der Waals surface area contributed by atoms with Crippen LogP contribution in [-0.4, -0.2) is 19.1 Å². The van der Waals surface area contributed by atoms with Crippen molar-refractivity contribution >= 4 is 5.91 Å². The molecule has 0 saturated carbocycles. The summed E-state index contributed by atoms with van der Waals surface area (Å²) in [5.74, 6) is 0.883. The maximum absolute atomic E-state index is 12.2. The van der Waals surface area contributed by atoms with Crippen molar-refractivity contribution in [2.45, 2.75) is 52.1 Å². The van der Waals surface area contributed by atoms with Gasteiger partial charge in [0.2, 0.25) is 5.91 Å². The lowest BCUT2D eigenvalue weighted by molar-refractivity contribution is -0.125. The lowest BCUT2D eigenvalue weighted by atomic mass is 10.00. The largest absolute Gasteiger partial charge is 0.496 e.